The van der Waals surface area contributed by atoms with Gasteiger partial charge in [-0.1, -0.05) is 24.8 Å². The summed E-state index contributed by atoms with van der Waals surface area (Å²) < 4.78 is 19.5. The van der Waals surface area contributed by atoms with Gasteiger partial charge in [0.25, 0.3) is 0 Å². The van der Waals surface area contributed by atoms with Gasteiger partial charge in [0.1, 0.15) is 11.6 Å². The van der Waals surface area contributed by atoms with Gasteiger partial charge >= 0.3 is 0 Å². The Hall–Kier alpha value is -3.65. The van der Waals surface area contributed by atoms with Gasteiger partial charge in [0, 0.05) is 17.9 Å². The Balaban J connectivity index is 1.66. The number of carbonyl (C=O) groups excluding carboxylic acids is 1. The first kappa shape index (κ1) is 21.1. The molecule has 1 aliphatic rings. The Bertz CT molecular complexity index is 987. The van der Waals surface area contributed by atoms with Crippen LogP contribution >= 0.6 is 0 Å². The maximum absolute atomic E-state index is 14.4. The third-order valence-corrected chi connectivity index (χ3v) is 4.42. The van der Waals surface area contributed by atoms with Crippen molar-refractivity contribution >= 4 is 23.5 Å². The molecule has 30 heavy (non-hydrogen) atoms. The van der Waals surface area contributed by atoms with E-state index in [9.17, 15) is 9.18 Å². The van der Waals surface area contributed by atoms with Gasteiger partial charge in [0.15, 0.2) is 11.6 Å². The quantitative estimate of drug-likeness (QED) is 0.502. The summed E-state index contributed by atoms with van der Waals surface area (Å²) in [6.07, 6.45) is 2.35. The smallest absolute Gasteiger partial charge is 0.247 e. The maximum atomic E-state index is 14.4. The maximum Gasteiger partial charge on any atom is 0.247 e. The summed E-state index contributed by atoms with van der Waals surface area (Å²) in [5, 5.41) is 12.0. The van der Waals surface area contributed by atoms with Crippen molar-refractivity contribution in [1.29, 1.82) is 0 Å². The van der Waals surface area contributed by atoms with Crippen molar-refractivity contribution in [3.05, 3.63) is 78.4 Å². The Morgan fingerprint density at radius 3 is 2.70 bits per heavy atom. The zero-order valence-electron chi connectivity index (χ0n) is 16.8. The summed E-state index contributed by atoms with van der Waals surface area (Å²) in [5.41, 5.74) is 2.20. The summed E-state index contributed by atoms with van der Waals surface area (Å²) in [7, 11) is 1.62. The molecule has 1 aliphatic heterocycles. The standard InChI is InChI=1S/C22H24FN5O2/c1-4-20(29)26-16-6-5-7-17(12-16)27-21-19(23)14-25-22(2,28-21)24-13-15-8-10-18(30-3)11-9-15/h4-12,14,24,27-28H,1,13H2,2-3H3,(H,26,29). The molecule has 1 amide bonds. The van der Waals surface area contributed by atoms with Crippen LogP contribution in [-0.2, 0) is 11.3 Å². The van der Waals surface area contributed by atoms with E-state index in [0.717, 1.165) is 11.3 Å². The molecule has 0 bridgehead atoms. The monoisotopic (exact) mass is 409 g/mol. The molecule has 4 N–H and O–H groups in total. The molecule has 0 saturated carbocycles. The van der Waals surface area contributed by atoms with E-state index >= 15 is 0 Å². The molecule has 7 nitrogen and oxygen atoms in total. The van der Waals surface area contributed by atoms with Gasteiger partial charge < -0.3 is 20.7 Å². The Morgan fingerprint density at radius 2 is 2.00 bits per heavy atom. The van der Waals surface area contributed by atoms with E-state index in [1.54, 1.807) is 31.4 Å². The van der Waals surface area contributed by atoms with Gasteiger partial charge in [-0.25, -0.2) is 9.38 Å². The summed E-state index contributed by atoms with van der Waals surface area (Å²) in [6, 6.07) is 14.6. The first-order valence-electron chi connectivity index (χ1n) is 9.32. The molecular formula is C22H24FN5O2. The number of nitrogens with zero attached hydrogens (tertiary/aromatic N) is 1. The topological polar surface area (TPSA) is 86.8 Å². The van der Waals surface area contributed by atoms with E-state index in [0.29, 0.717) is 17.9 Å². The molecule has 0 radical (unpaired) electrons. The number of hydrogen-bond acceptors (Lipinski definition) is 6. The summed E-state index contributed by atoms with van der Waals surface area (Å²) >= 11 is 0. The normalized spacial score (nSPS) is 17.8. The number of ether oxygens (including phenoxy) is 1. The summed E-state index contributed by atoms with van der Waals surface area (Å²) in [4.78, 5) is 15.7. The fourth-order valence-corrected chi connectivity index (χ4v) is 2.80. The van der Waals surface area contributed by atoms with Gasteiger partial charge in [-0.05, 0) is 48.9 Å². The molecule has 0 aliphatic carbocycles. The zero-order valence-corrected chi connectivity index (χ0v) is 16.8. The lowest BCUT2D eigenvalue weighted by Gasteiger charge is -2.33. The van der Waals surface area contributed by atoms with Crippen molar-refractivity contribution in [1.82, 2.24) is 10.6 Å². The number of carbonyl (C=O) groups is 1. The third-order valence-electron chi connectivity index (χ3n) is 4.42. The summed E-state index contributed by atoms with van der Waals surface area (Å²) in [5.74, 6) is -0.814. The zero-order chi connectivity index (χ0) is 21.6. The molecule has 0 saturated heterocycles. The van der Waals surface area contributed by atoms with Crippen LogP contribution < -0.4 is 26.0 Å². The van der Waals surface area contributed by atoms with Crippen LogP contribution in [0.4, 0.5) is 15.8 Å². The number of hydrogen-bond donors (Lipinski definition) is 4. The van der Waals surface area contributed by atoms with Crippen molar-refractivity contribution in [3.8, 4) is 5.75 Å². The van der Waals surface area contributed by atoms with Crippen LogP contribution in [0.25, 0.3) is 0 Å². The van der Waals surface area contributed by atoms with Crippen molar-refractivity contribution in [2.24, 2.45) is 4.99 Å². The van der Waals surface area contributed by atoms with Crippen LogP contribution in [0.5, 0.6) is 5.75 Å². The third kappa shape index (κ3) is 5.45. The van der Waals surface area contributed by atoms with Crippen LogP contribution in [0.2, 0.25) is 0 Å². The first-order valence-corrected chi connectivity index (χ1v) is 9.32. The predicted octanol–water partition coefficient (Wildman–Crippen LogP) is 3.51. The summed E-state index contributed by atoms with van der Waals surface area (Å²) in [6.45, 7) is 5.75. The van der Waals surface area contributed by atoms with E-state index in [-0.39, 0.29) is 11.7 Å². The van der Waals surface area contributed by atoms with E-state index in [1.165, 1.54) is 12.3 Å². The number of aliphatic imine (C=N–C) groups is 1. The molecule has 1 atom stereocenters. The molecule has 0 fully saturated rings. The van der Waals surface area contributed by atoms with Gasteiger partial charge in [0.2, 0.25) is 5.91 Å². The van der Waals surface area contributed by atoms with Crippen LogP contribution in [0.3, 0.4) is 0 Å². The highest BCUT2D eigenvalue weighted by Gasteiger charge is 2.27. The van der Waals surface area contributed by atoms with E-state index < -0.39 is 11.6 Å². The molecule has 156 valence electrons. The van der Waals surface area contributed by atoms with Crippen molar-refractivity contribution in [2.45, 2.75) is 19.3 Å². The number of benzene rings is 2. The second-order valence-electron chi connectivity index (χ2n) is 6.78. The lowest BCUT2D eigenvalue weighted by atomic mass is 10.2. The van der Waals surface area contributed by atoms with Gasteiger partial charge in [-0.2, -0.15) is 0 Å². The minimum absolute atomic E-state index is 0.168. The highest BCUT2D eigenvalue weighted by atomic mass is 19.1. The van der Waals surface area contributed by atoms with Crippen LogP contribution in [0, 0.1) is 0 Å². The van der Waals surface area contributed by atoms with Gasteiger partial charge in [-0.3, -0.25) is 10.1 Å². The number of methoxy groups -OCH3 is 1. The van der Waals surface area contributed by atoms with Gasteiger partial charge in [-0.15, -0.1) is 0 Å². The fourth-order valence-electron chi connectivity index (χ4n) is 2.80. The number of halogens is 1. The van der Waals surface area contributed by atoms with Crippen LogP contribution in [0.15, 0.2) is 77.8 Å². The van der Waals surface area contributed by atoms with Crippen molar-refractivity contribution in [2.75, 3.05) is 17.7 Å². The highest BCUT2D eigenvalue weighted by Crippen LogP contribution is 2.21. The van der Waals surface area contributed by atoms with Gasteiger partial charge in [0.05, 0.1) is 13.3 Å². The largest absolute Gasteiger partial charge is 0.497 e. The second kappa shape index (κ2) is 9.23. The molecule has 8 heteroatoms. The molecule has 1 unspecified atom stereocenters. The molecule has 0 spiro atoms. The van der Waals surface area contributed by atoms with Crippen molar-refractivity contribution < 1.29 is 13.9 Å². The number of rotatable bonds is 8. The van der Waals surface area contributed by atoms with E-state index in [1.807, 2.05) is 31.2 Å². The first-order chi connectivity index (χ1) is 14.4. The SMILES string of the molecule is C=CC(=O)Nc1cccc(NC2=C(F)C=NC(C)(NCc3ccc(OC)cc3)N2)c1. The lowest BCUT2D eigenvalue weighted by molar-refractivity contribution is -0.111. The molecular weight excluding hydrogens is 385 g/mol. The molecule has 2 aromatic rings. The number of anilines is 2. The van der Waals surface area contributed by atoms with Crippen LogP contribution in [-0.4, -0.2) is 25.0 Å². The Kier molecular flexibility index (Phi) is 6.48. The minimum Gasteiger partial charge on any atom is -0.497 e. The highest BCUT2D eigenvalue weighted by molar-refractivity contribution is 5.99. The fraction of sp³-hybridized carbons (Fsp3) is 0.182. The average molecular weight is 409 g/mol. The molecule has 3 rings (SSSR count). The van der Waals surface area contributed by atoms with E-state index in [2.05, 4.69) is 32.8 Å². The average Bonchev–Trinajstić information content (AvgIpc) is 2.75. The number of amides is 1. The lowest BCUT2D eigenvalue weighted by Crippen LogP contribution is -2.55. The van der Waals surface area contributed by atoms with E-state index in [4.69, 9.17) is 4.74 Å². The molecule has 2 aromatic carbocycles. The Labute approximate surface area is 174 Å². The minimum atomic E-state index is -0.910. The van der Waals surface area contributed by atoms with Crippen molar-refractivity contribution in [3.63, 3.8) is 0 Å². The molecule has 0 aromatic heterocycles. The Morgan fingerprint density at radius 1 is 1.27 bits per heavy atom. The second-order valence-corrected chi connectivity index (χ2v) is 6.78. The van der Waals surface area contributed by atoms with Crippen LogP contribution in [0.1, 0.15) is 12.5 Å². The predicted molar refractivity (Wildman–Crippen MR) is 117 cm³/mol. The number of nitrogens with one attached hydrogen (secondary N) is 4. The molecule has 1 heterocycles. The number of allylic oxidation sites excluding steroid dienone is 1.